The average Bonchev–Trinajstić information content (AvgIpc) is 3.09. The van der Waals surface area contributed by atoms with Crippen molar-refractivity contribution in [2.45, 2.75) is 19.4 Å². The molecule has 1 heterocycles. The number of carbonyl (C=O) groups is 1. The number of rotatable bonds is 4. The second-order valence-electron chi connectivity index (χ2n) is 6.08. The standard InChI is InChI=1S/C19H23N3O3/c1-13(14-5-4-6-17(12-14)25-3)21-10-9-15-11-16(7-8-18(15)21)22(24)19(23)20-2/h4-8,11-13,24H,9-10H2,1-3H3,(H,20,23). The van der Waals surface area contributed by atoms with Gasteiger partial charge in [0, 0.05) is 19.3 Å². The highest BCUT2D eigenvalue weighted by molar-refractivity contribution is 5.89. The average molecular weight is 341 g/mol. The maximum atomic E-state index is 11.6. The fourth-order valence-electron chi connectivity index (χ4n) is 3.25. The summed E-state index contributed by atoms with van der Waals surface area (Å²) >= 11 is 0. The van der Waals surface area contributed by atoms with Gasteiger partial charge in [0.2, 0.25) is 0 Å². The molecule has 2 amide bonds. The van der Waals surface area contributed by atoms with Crippen molar-refractivity contribution in [3.63, 3.8) is 0 Å². The number of carbonyl (C=O) groups excluding carboxylic acids is 1. The van der Waals surface area contributed by atoms with Crippen molar-refractivity contribution in [1.29, 1.82) is 0 Å². The van der Waals surface area contributed by atoms with Gasteiger partial charge in [0.05, 0.1) is 18.8 Å². The van der Waals surface area contributed by atoms with Crippen molar-refractivity contribution < 1.29 is 14.7 Å². The molecule has 0 aliphatic carbocycles. The van der Waals surface area contributed by atoms with Gasteiger partial charge in [-0.25, -0.2) is 4.79 Å². The summed E-state index contributed by atoms with van der Waals surface area (Å²) in [5, 5.41) is 13.0. The number of anilines is 2. The van der Waals surface area contributed by atoms with Crippen molar-refractivity contribution in [2.24, 2.45) is 0 Å². The molecule has 0 bridgehead atoms. The Morgan fingerprint density at radius 2 is 2.12 bits per heavy atom. The number of hydrogen-bond donors (Lipinski definition) is 2. The molecule has 2 aromatic rings. The van der Waals surface area contributed by atoms with Gasteiger partial charge >= 0.3 is 6.03 Å². The van der Waals surface area contributed by atoms with Crippen LogP contribution in [0, 0.1) is 0 Å². The zero-order chi connectivity index (χ0) is 18.0. The number of urea groups is 1. The van der Waals surface area contributed by atoms with E-state index in [1.54, 1.807) is 13.2 Å². The first-order valence-corrected chi connectivity index (χ1v) is 8.29. The number of methoxy groups -OCH3 is 1. The zero-order valence-corrected chi connectivity index (χ0v) is 14.7. The van der Waals surface area contributed by atoms with E-state index in [-0.39, 0.29) is 6.04 Å². The SMILES string of the molecule is CNC(=O)N(O)c1ccc2c(c1)CCN2C(C)c1cccc(OC)c1. The summed E-state index contributed by atoms with van der Waals surface area (Å²) in [4.78, 5) is 13.9. The Balaban J connectivity index is 1.85. The van der Waals surface area contributed by atoms with Crippen LogP contribution >= 0.6 is 0 Å². The number of amides is 2. The topological polar surface area (TPSA) is 65.0 Å². The molecule has 0 fully saturated rings. The molecule has 6 nitrogen and oxygen atoms in total. The van der Waals surface area contributed by atoms with Crippen LogP contribution in [0.1, 0.15) is 24.1 Å². The Hall–Kier alpha value is -2.73. The first-order chi connectivity index (χ1) is 12.0. The minimum Gasteiger partial charge on any atom is -0.497 e. The van der Waals surface area contributed by atoms with Crippen LogP contribution in [-0.2, 0) is 6.42 Å². The zero-order valence-electron chi connectivity index (χ0n) is 14.7. The fraction of sp³-hybridized carbons (Fsp3) is 0.316. The molecule has 6 heteroatoms. The molecule has 1 aliphatic rings. The molecule has 1 aliphatic heterocycles. The van der Waals surface area contributed by atoms with Crippen LogP contribution in [0.15, 0.2) is 42.5 Å². The summed E-state index contributed by atoms with van der Waals surface area (Å²) in [6.07, 6.45) is 0.874. The van der Waals surface area contributed by atoms with Crippen molar-refractivity contribution in [3.8, 4) is 5.75 Å². The highest BCUT2D eigenvalue weighted by Gasteiger charge is 2.26. The molecule has 0 saturated heterocycles. The predicted octanol–water partition coefficient (Wildman–Crippen LogP) is 3.35. The summed E-state index contributed by atoms with van der Waals surface area (Å²) < 4.78 is 5.32. The number of nitrogens with one attached hydrogen (secondary N) is 1. The molecule has 25 heavy (non-hydrogen) atoms. The Morgan fingerprint density at radius 3 is 2.84 bits per heavy atom. The molecule has 3 rings (SSSR count). The van der Waals surface area contributed by atoms with E-state index in [1.807, 2.05) is 24.3 Å². The van der Waals surface area contributed by atoms with E-state index in [0.717, 1.165) is 30.0 Å². The van der Waals surface area contributed by atoms with E-state index in [2.05, 4.69) is 29.3 Å². The van der Waals surface area contributed by atoms with Crippen LogP contribution in [0.25, 0.3) is 0 Å². The Labute approximate surface area is 147 Å². The van der Waals surface area contributed by atoms with E-state index in [1.165, 1.54) is 12.6 Å². The van der Waals surface area contributed by atoms with Crippen LogP contribution in [0.3, 0.4) is 0 Å². The van der Waals surface area contributed by atoms with Gasteiger partial charge in [-0.1, -0.05) is 12.1 Å². The van der Waals surface area contributed by atoms with Gasteiger partial charge < -0.3 is 15.0 Å². The number of hydroxylamine groups is 1. The van der Waals surface area contributed by atoms with Gasteiger partial charge in [0.25, 0.3) is 0 Å². The monoisotopic (exact) mass is 341 g/mol. The Kier molecular flexibility index (Phi) is 4.81. The third-order valence-electron chi connectivity index (χ3n) is 4.69. The van der Waals surface area contributed by atoms with Crippen LogP contribution < -0.4 is 20.0 Å². The van der Waals surface area contributed by atoms with Crippen LogP contribution in [-0.4, -0.2) is 31.9 Å². The first kappa shape index (κ1) is 17.1. The van der Waals surface area contributed by atoms with Gasteiger partial charge in [0.1, 0.15) is 5.75 Å². The van der Waals surface area contributed by atoms with Gasteiger partial charge in [-0.05, 0) is 54.8 Å². The summed E-state index contributed by atoms with van der Waals surface area (Å²) in [6.45, 7) is 3.06. The molecular formula is C19H23N3O3. The van der Waals surface area contributed by atoms with Gasteiger partial charge in [-0.3, -0.25) is 5.21 Å². The van der Waals surface area contributed by atoms with Gasteiger partial charge in [-0.2, -0.15) is 5.06 Å². The van der Waals surface area contributed by atoms with Crippen LogP contribution in [0.5, 0.6) is 5.75 Å². The molecule has 2 aromatic carbocycles. The van der Waals surface area contributed by atoms with Crippen LogP contribution in [0.4, 0.5) is 16.2 Å². The fourth-order valence-corrected chi connectivity index (χ4v) is 3.25. The lowest BCUT2D eigenvalue weighted by molar-refractivity contribution is 0.206. The number of ether oxygens (including phenoxy) is 1. The minimum atomic E-state index is -0.556. The minimum absolute atomic E-state index is 0.200. The lowest BCUT2D eigenvalue weighted by atomic mass is 10.1. The maximum absolute atomic E-state index is 11.6. The largest absolute Gasteiger partial charge is 0.497 e. The van der Waals surface area contributed by atoms with E-state index >= 15 is 0 Å². The van der Waals surface area contributed by atoms with E-state index in [4.69, 9.17) is 4.74 Å². The first-order valence-electron chi connectivity index (χ1n) is 8.29. The van der Waals surface area contributed by atoms with E-state index in [0.29, 0.717) is 10.8 Å². The molecule has 132 valence electrons. The van der Waals surface area contributed by atoms with Crippen LogP contribution in [0.2, 0.25) is 0 Å². The lowest BCUT2D eigenvalue weighted by Crippen LogP contribution is -2.35. The number of hydrogen-bond acceptors (Lipinski definition) is 4. The second-order valence-corrected chi connectivity index (χ2v) is 6.08. The molecule has 0 radical (unpaired) electrons. The smallest absolute Gasteiger partial charge is 0.345 e. The predicted molar refractivity (Wildman–Crippen MR) is 97.6 cm³/mol. The maximum Gasteiger partial charge on any atom is 0.345 e. The third-order valence-corrected chi connectivity index (χ3v) is 4.69. The number of nitrogens with zero attached hydrogens (tertiary/aromatic N) is 2. The highest BCUT2D eigenvalue weighted by atomic mass is 16.5. The normalized spacial score (nSPS) is 14.0. The highest BCUT2D eigenvalue weighted by Crippen LogP contribution is 2.37. The van der Waals surface area contributed by atoms with Gasteiger partial charge in [-0.15, -0.1) is 0 Å². The van der Waals surface area contributed by atoms with Crippen molar-refractivity contribution >= 4 is 17.4 Å². The number of benzene rings is 2. The molecular weight excluding hydrogens is 318 g/mol. The Morgan fingerprint density at radius 1 is 1.32 bits per heavy atom. The van der Waals surface area contributed by atoms with E-state index in [9.17, 15) is 10.0 Å². The molecule has 1 unspecified atom stereocenters. The van der Waals surface area contributed by atoms with Crippen molar-refractivity contribution in [3.05, 3.63) is 53.6 Å². The molecule has 0 spiro atoms. The number of fused-ring (bicyclic) bond motifs is 1. The van der Waals surface area contributed by atoms with E-state index < -0.39 is 6.03 Å². The summed E-state index contributed by atoms with van der Waals surface area (Å²) in [5.74, 6) is 0.848. The molecule has 0 aromatic heterocycles. The second kappa shape index (κ2) is 7.03. The molecule has 0 saturated carbocycles. The van der Waals surface area contributed by atoms with Gasteiger partial charge in [0.15, 0.2) is 0 Å². The van der Waals surface area contributed by atoms with Crippen molar-refractivity contribution in [1.82, 2.24) is 5.32 Å². The summed E-state index contributed by atoms with van der Waals surface area (Å²) in [6, 6.07) is 13.3. The summed E-state index contributed by atoms with van der Waals surface area (Å²) in [5.41, 5.74) is 3.90. The lowest BCUT2D eigenvalue weighted by Gasteiger charge is -2.28. The quantitative estimate of drug-likeness (QED) is 0.661. The molecule has 2 N–H and O–H groups in total. The van der Waals surface area contributed by atoms with Crippen molar-refractivity contribution in [2.75, 3.05) is 30.7 Å². The summed E-state index contributed by atoms with van der Waals surface area (Å²) in [7, 11) is 3.15. The Bertz CT molecular complexity index is 778. The third kappa shape index (κ3) is 3.25. The molecule has 1 atom stereocenters.